The monoisotopic (exact) mass is 195 g/mol. The van der Waals surface area contributed by atoms with Crippen molar-refractivity contribution >= 4 is 0 Å². The van der Waals surface area contributed by atoms with Gasteiger partial charge in [-0.1, -0.05) is 6.07 Å². The lowest BCUT2D eigenvalue weighted by Crippen LogP contribution is -1.87. The Morgan fingerprint density at radius 1 is 1.14 bits per heavy atom. The number of aromatic nitrogens is 1. The van der Waals surface area contributed by atoms with Crippen molar-refractivity contribution in [1.29, 1.82) is 0 Å². The molecule has 1 aromatic heterocycles. The van der Waals surface area contributed by atoms with E-state index in [0.29, 0.717) is 0 Å². The summed E-state index contributed by atoms with van der Waals surface area (Å²) in [5, 5.41) is 9.00. The SMILES string of the molecule is Oc1cc(-c2c(F)cccc2F)c[nH]1. The van der Waals surface area contributed by atoms with Crippen molar-refractivity contribution in [3.05, 3.63) is 42.1 Å². The van der Waals surface area contributed by atoms with Gasteiger partial charge in [0.05, 0.1) is 5.56 Å². The lowest BCUT2D eigenvalue weighted by atomic mass is 10.1. The molecule has 0 spiro atoms. The molecule has 0 saturated heterocycles. The van der Waals surface area contributed by atoms with Gasteiger partial charge in [-0.3, -0.25) is 0 Å². The second-order valence-electron chi connectivity index (χ2n) is 2.87. The molecule has 0 aliphatic carbocycles. The number of rotatable bonds is 1. The molecule has 0 amide bonds. The van der Waals surface area contributed by atoms with Crippen LogP contribution in [-0.2, 0) is 0 Å². The van der Waals surface area contributed by atoms with Gasteiger partial charge in [0.1, 0.15) is 11.6 Å². The van der Waals surface area contributed by atoms with Crippen LogP contribution in [0.4, 0.5) is 8.78 Å². The molecule has 2 N–H and O–H groups in total. The summed E-state index contributed by atoms with van der Waals surface area (Å²) >= 11 is 0. The van der Waals surface area contributed by atoms with Crippen molar-refractivity contribution in [2.75, 3.05) is 0 Å². The summed E-state index contributed by atoms with van der Waals surface area (Å²) < 4.78 is 26.4. The molecule has 2 nitrogen and oxygen atoms in total. The molecule has 4 heteroatoms. The van der Waals surface area contributed by atoms with Crippen molar-refractivity contribution < 1.29 is 13.9 Å². The van der Waals surface area contributed by atoms with Gasteiger partial charge in [-0.15, -0.1) is 0 Å². The van der Waals surface area contributed by atoms with Crippen LogP contribution in [0, 0.1) is 11.6 Å². The minimum atomic E-state index is -0.649. The van der Waals surface area contributed by atoms with Gasteiger partial charge >= 0.3 is 0 Å². The molecule has 0 saturated carbocycles. The smallest absolute Gasteiger partial charge is 0.188 e. The third-order valence-corrected chi connectivity index (χ3v) is 1.92. The number of hydrogen-bond donors (Lipinski definition) is 2. The highest BCUT2D eigenvalue weighted by Gasteiger charge is 2.11. The molecule has 72 valence electrons. The van der Waals surface area contributed by atoms with E-state index in [1.807, 2.05) is 0 Å². The summed E-state index contributed by atoms with van der Waals surface area (Å²) in [4.78, 5) is 2.44. The first-order valence-electron chi connectivity index (χ1n) is 4.00. The predicted molar refractivity (Wildman–Crippen MR) is 47.8 cm³/mol. The van der Waals surface area contributed by atoms with Crippen LogP contribution in [0.3, 0.4) is 0 Å². The quantitative estimate of drug-likeness (QED) is 0.721. The molecule has 0 atom stereocenters. The van der Waals surface area contributed by atoms with Crippen LogP contribution in [0.2, 0.25) is 0 Å². The Bertz CT molecular complexity index is 445. The van der Waals surface area contributed by atoms with Gasteiger partial charge in [0.2, 0.25) is 0 Å². The van der Waals surface area contributed by atoms with Crippen molar-refractivity contribution in [2.45, 2.75) is 0 Å². The molecule has 0 unspecified atom stereocenters. The van der Waals surface area contributed by atoms with Gasteiger partial charge in [-0.25, -0.2) is 8.78 Å². The zero-order chi connectivity index (χ0) is 10.1. The largest absolute Gasteiger partial charge is 0.495 e. The molecule has 2 aromatic rings. The van der Waals surface area contributed by atoms with E-state index in [2.05, 4.69) is 4.98 Å². The average Bonchev–Trinajstić information content (AvgIpc) is 2.51. The molecule has 1 aromatic carbocycles. The van der Waals surface area contributed by atoms with E-state index in [1.165, 1.54) is 30.5 Å². The van der Waals surface area contributed by atoms with E-state index in [-0.39, 0.29) is 17.0 Å². The Morgan fingerprint density at radius 3 is 2.29 bits per heavy atom. The number of halogens is 2. The van der Waals surface area contributed by atoms with Crippen LogP contribution in [-0.4, -0.2) is 10.1 Å². The Labute approximate surface area is 78.8 Å². The highest BCUT2D eigenvalue weighted by atomic mass is 19.1. The zero-order valence-corrected chi connectivity index (χ0v) is 7.09. The van der Waals surface area contributed by atoms with Crippen LogP contribution in [0.15, 0.2) is 30.5 Å². The molecule has 14 heavy (non-hydrogen) atoms. The topological polar surface area (TPSA) is 36.0 Å². The maximum Gasteiger partial charge on any atom is 0.188 e. The number of nitrogens with one attached hydrogen (secondary N) is 1. The Balaban J connectivity index is 2.61. The average molecular weight is 195 g/mol. The van der Waals surface area contributed by atoms with E-state index in [9.17, 15) is 8.78 Å². The maximum absolute atomic E-state index is 13.2. The minimum absolute atomic E-state index is 0.123. The number of hydrogen-bond acceptors (Lipinski definition) is 1. The van der Waals surface area contributed by atoms with Crippen molar-refractivity contribution in [1.82, 2.24) is 4.98 Å². The first-order valence-corrected chi connectivity index (χ1v) is 4.00. The second kappa shape index (κ2) is 3.14. The van der Waals surface area contributed by atoms with Crippen LogP contribution < -0.4 is 0 Å². The fourth-order valence-corrected chi connectivity index (χ4v) is 1.30. The molecule has 0 aliphatic heterocycles. The third kappa shape index (κ3) is 1.35. The zero-order valence-electron chi connectivity index (χ0n) is 7.09. The fraction of sp³-hybridized carbons (Fsp3) is 0. The fourth-order valence-electron chi connectivity index (χ4n) is 1.30. The molecule has 1 heterocycles. The molecular weight excluding hydrogens is 188 g/mol. The highest BCUT2D eigenvalue weighted by Crippen LogP contribution is 2.27. The minimum Gasteiger partial charge on any atom is -0.495 e. The summed E-state index contributed by atoms with van der Waals surface area (Å²) in [5.41, 5.74) is 0.155. The normalized spacial score (nSPS) is 10.4. The van der Waals surface area contributed by atoms with Gasteiger partial charge in [0.25, 0.3) is 0 Å². The Kier molecular flexibility index (Phi) is 1.96. The van der Waals surface area contributed by atoms with Gasteiger partial charge < -0.3 is 10.1 Å². The number of H-pyrrole nitrogens is 1. The second-order valence-corrected chi connectivity index (χ2v) is 2.87. The summed E-state index contributed by atoms with van der Waals surface area (Å²) in [6.07, 6.45) is 1.34. The summed E-state index contributed by atoms with van der Waals surface area (Å²) in [6.45, 7) is 0. The van der Waals surface area contributed by atoms with Crippen molar-refractivity contribution in [3.63, 3.8) is 0 Å². The Morgan fingerprint density at radius 2 is 1.79 bits per heavy atom. The lowest BCUT2D eigenvalue weighted by molar-refractivity contribution is 0.457. The number of aromatic hydroxyl groups is 1. The van der Waals surface area contributed by atoms with Crippen molar-refractivity contribution in [2.24, 2.45) is 0 Å². The predicted octanol–water partition coefficient (Wildman–Crippen LogP) is 2.67. The summed E-state index contributed by atoms with van der Waals surface area (Å²) in [5.74, 6) is -1.42. The summed E-state index contributed by atoms with van der Waals surface area (Å²) in [7, 11) is 0. The molecule has 2 rings (SSSR count). The van der Waals surface area contributed by atoms with E-state index < -0.39 is 11.6 Å². The van der Waals surface area contributed by atoms with E-state index >= 15 is 0 Å². The van der Waals surface area contributed by atoms with Crippen LogP contribution in [0.5, 0.6) is 5.88 Å². The van der Waals surface area contributed by atoms with Gasteiger partial charge in [-0.2, -0.15) is 0 Å². The van der Waals surface area contributed by atoms with E-state index in [4.69, 9.17) is 5.11 Å². The molecule has 0 fully saturated rings. The maximum atomic E-state index is 13.2. The lowest BCUT2D eigenvalue weighted by Gasteiger charge is -2.00. The first-order chi connectivity index (χ1) is 6.68. The van der Waals surface area contributed by atoms with Crippen molar-refractivity contribution in [3.8, 4) is 17.0 Å². The molecular formula is C10H7F2NO. The van der Waals surface area contributed by atoms with Crippen LogP contribution in [0.25, 0.3) is 11.1 Å². The third-order valence-electron chi connectivity index (χ3n) is 1.92. The van der Waals surface area contributed by atoms with E-state index in [1.54, 1.807) is 0 Å². The standard InChI is InChI=1S/C10H7F2NO/c11-7-2-1-3-8(12)10(7)6-4-9(14)13-5-6/h1-5,13-14H. The number of benzene rings is 1. The summed E-state index contributed by atoms with van der Waals surface area (Å²) in [6, 6.07) is 4.90. The van der Waals surface area contributed by atoms with E-state index in [0.717, 1.165) is 0 Å². The Hall–Kier alpha value is -1.84. The molecule has 0 radical (unpaired) electrons. The van der Waals surface area contributed by atoms with Crippen LogP contribution >= 0.6 is 0 Å². The van der Waals surface area contributed by atoms with Crippen LogP contribution in [0.1, 0.15) is 0 Å². The highest BCUT2D eigenvalue weighted by molar-refractivity contribution is 5.65. The molecule has 0 aliphatic rings. The molecule has 0 bridgehead atoms. The number of aromatic amines is 1. The first kappa shape index (κ1) is 8.74. The van der Waals surface area contributed by atoms with Gasteiger partial charge in [0, 0.05) is 17.8 Å². The van der Waals surface area contributed by atoms with Gasteiger partial charge in [-0.05, 0) is 12.1 Å². The van der Waals surface area contributed by atoms with Gasteiger partial charge in [0.15, 0.2) is 5.88 Å².